The second kappa shape index (κ2) is 9.40. The van der Waals surface area contributed by atoms with Gasteiger partial charge in [0.25, 0.3) is 5.91 Å². The number of carbonyl (C=O) groups excluding carboxylic acids is 1. The van der Waals surface area contributed by atoms with Gasteiger partial charge in [0.1, 0.15) is 5.75 Å². The maximum absolute atomic E-state index is 11.3. The molecule has 0 spiro atoms. The summed E-state index contributed by atoms with van der Waals surface area (Å²) in [5.74, 6) is 0.114. The lowest BCUT2D eigenvalue weighted by Crippen LogP contribution is -2.33. The van der Waals surface area contributed by atoms with Gasteiger partial charge < -0.3 is 20.5 Å². The molecule has 0 aromatic heterocycles. The van der Waals surface area contributed by atoms with E-state index in [9.17, 15) is 4.79 Å². The Labute approximate surface area is 141 Å². The van der Waals surface area contributed by atoms with Crippen LogP contribution in [0.25, 0.3) is 0 Å². The van der Waals surface area contributed by atoms with E-state index in [0.717, 1.165) is 21.1 Å². The Morgan fingerprint density at radius 1 is 1.38 bits per heavy atom. The second-order valence-electron chi connectivity index (χ2n) is 4.48. The van der Waals surface area contributed by atoms with Crippen LogP contribution in [-0.2, 0) is 16.1 Å². The second-order valence-corrected chi connectivity index (χ2v) is 6.18. The molecule has 0 aliphatic carbocycles. The Morgan fingerprint density at radius 3 is 2.48 bits per heavy atom. The fourth-order valence-corrected chi connectivity index (χ4v) is 3.19. The fraction of sp³-hybridized carbons (Fsp3) is 0.500. The summed E-state index contributed by atoms with van der Waals surface area (Å²) in [6.45, 7) is 4.02. The minimum atomic E-state index is -0.636. The summed E-state index contributed by atoms with van der Waals surface area (Å²) in [6, 6.07) is 3.90. The van der Waals surface area contributed by atoms with E-state index in [2.05, 4.69) is 37.2 Å². The van der Waals surface area contributed by atoms with Gasteiger partial charge in [0.05, 0.1) is 15.6 Å². The highest BCUT2D eigenvalue weighted by atomic mass is 79.9. The van der Waals surface area contributed by atoms with Gasteiger partial charge in [-0.2, -0.15) is 0 Å². The highest BCUT2D eigenvalue weighted by Gasteiger charge is 2.18. The van der Waals surface area contributed by atoms with Gasteiger partial charge in [-0.05, 0) is 56.0 Å². The molecule has 0 heterocycles. The first-order valence-corrected chi connectivity index (χ1v) is 8.21. The highest BCUT2D eigenvalue weighted by Crippen LogP contribution is 2.35. The van der Waals surface area contributed by atoms with Crippen LogP contribution in [0.15, 0.2) is 21.1 Å². The molecule has 0 bridgehead atoms. The molecule has 3 N–H and O–H groups in total. The molecule has 5 nitrogen and oxygen atoms in total. The zero-order valence-corrected chi connectivity index (χ0v) is 15.3. The van der Waals surface area contributed by atoms with Crippen LogP contribution in [0.1, 0.15) is 18.9 Å². The number of carbonyl (C=O) groups is 1. The summed E-state index contributed by atoms with van der Waals surface area (Å²) in [5.41, 5.74) is 6.39. The van der Waals surface area contributed by atoms with Crippen LogP contribution in [0.3, 0.4) is 0 Å². The molecule has 118 valence electrons. The van der Waals surface area contributed by atoms with Crippen molar-refractivity contribution in [2.45, 2.75) is 26.0 Å². The van der Waals surface area contributed by atoms with Crippen molar-refractivity contribution < 1.29 is 14.3 Å². The van der Waals surface area contributed by atoms with Crippen LogP contribution in [0, 0.1) is 0 Å². The van der Waals surface area contributed by atoms with Gasteiger partial charge in [-0.1, -0.05) is 6.92 Å². The molecule has 0 fully saturated rings. The van der Waals surface area contributed by atoms with Crippen LogP contribution in [0.5, 0.6) is 5.75 Å². The number of benzene rings is 1. The van der Waals surface area contributed by atoms with Gasteiger partial charge in [0.2, 0.25) is 0 Å². The minimum Gasteiger partial charge on any atom is -0.478 e. The molecule has 1 unspecified atom stereocenters. The molecule has 1 aromatic carbocycles. The molecule has 7 heteroatoms. The summed E-state index contributed by atoms with van der Waals surface area (Å²) in [5, 5.41) is 3.27. The van der Waals surface area contributed by atoms with Gasteiger partial charge in [0, 0.05) is 20.2 Å². The monoisotopic (exact) mass is 422 g/mol. The highest BCUT2D eigenvalue weighted by molar-refractivity contribution is 9.11. The zero-order valence-electron chi connectivity index (χ0n) is 12.1. The van der Waals surface area contributed by atoms with Gasteiger partial charge in [-0.25, -0.2) is 0 Å². The van der Waals surface area contributed by atoms with Crippen LogP contribution in [-0.4, -0.2) is 32.3 Å². The third-order valence-corrected chi connectivity index (χ3v) is 4.00. The average molecular weight is 424 g/mol. The third kappa shape index (κ3) is 5.94. The third-order valence-electron chi connectivity index (χ3n) is 2.82. The first-order chi connectivity index (χ1) is 9.99. The Balaban J connectivity index is 2.77. The molecule has 1 atom stereocenters. The van der Waals surface area contributed by atoms with Gasteiger partial charge in [-0.3, -0.25) is 4.79 Å². The summed E-state index contributed by atoms with van der Waals surface area (Å²) in [7, 11) is 1.67. The number of amides is 1. The van der Waals surface area contributed by atoms with Crippen molar-refractivity contribution in [1.82, 2.24) is 5.32 Å². The van der Waals surface area contributed by atoms with E-state index >= 15 is 0 Å². The summed E-state index contributed by atoms with van der Waals surface area (Å²) in [6.07, 6.45) is -0.113. The predicted octanol–water partition coefficient (Wildman–Crippen LogP) is 2.59. The van der Waals surface area contributed by atoms with E-state index in [4.69, 9.17) is 15.2 Å². The predicted molar refractivity (Wildman–Crippen MR) is 89.3 cm³/mol. The molecule has 0 aliphatic rings. The Morgan fingerprint density at radius 2 is 2.00 bits per heavy atom. The zero-order chi connectivity index (χ0) is 15.8. The van der Waals surface area contributed by atoms with Crippen LogP contribution < -0.4 is 15.8 Å². The first-order valence-electron chi connectivity index (χ1n) is 6.63. The fourth-order valence-electron chi connectivity index (χ4n) is 1.72. The van der Waals surface area contributed by atoms with Crippen molar-refractivity contribution >= 4 is 37.8 Å². The van der Waals surface area contributed by atoms with E-state index in [1.807, 2.05) is 19.1 Å². The maximum atomic E-state index is 11.3. The molecule has 21 heavy (non-hydrogen) atoms. The van der Waals surface area contributed by atoms with E-state index in [0.29, 0.717) is 25.3 Å². The minimum absolute atomic E-state index is 0.471. The topological polar surface area (TPSA) is 73.6 Å². The summed E-state index contributed by atoms with van der Waals surface area (Å²) >= 11 is 6.94. The van der Waals surface area contributed by atoms with Crippen molar-refractivity contribution in [3.8, 4) is 5.75 Å². The summed E-state index contributed by atoms with van der Waals surface area (Å²) < 4.78 is 12.2. The Kier molecular flexibility index (Phi) is 8.24. The van der Waals surface area contributed by atoms with Crippen molar-refractivity contribution in [1.29, 1.82) is 0 Å². The number of hydrogen-bond donors (Lipinski definition) is 2. The molecule has 0 radical (unpaired) electrons. The number of halogens is 2. The number of primary amides is 1. The lowest BCUT2D eigenvalue weighted by Gasteiger charge is -2.17. The largest absolute Gasteiger partial charge is 0.478 e. The normalized spacial score (nSPS) is 12.2. The van der Waals surface area contributed by atoms with Crippen molar-refractivity contribution in [2.75, 3.05) is 20.3 Å². The van der Waals surface area contributed by atoms with Crippen LogP contribution in [0.4, 0.5) is 0 Å². The number of ether oxygens (including phenoxy) is 2. The van der Waals surface area contributed by atoms with E-state index in [1.165, 1.54) is 0 Å². The van der Waals surface area contributed by atoms with Crippen molar-refractivity contribution in [2.24, 2.45) is 5.73 Å². The van der Waals surface area contributed by atoms with E-state index in [-0.39, 0.29) is 0 Å². The molecular formula is C14H20Br2N2O3. The van der Waals surface area contributed by atoms with Crippen LogP contribution in [0.2, 0.25) is 0 Å². The molecule has 1 amide bonds. The Bertz CT molecular complexity index is 460. The number of methoxy groups -OCH3 is 1. The lowest BCUT2D eigenvalue weighted by molar-refractivity contribution is -0.124. The number of hydrogen-bond acceptors (Lipinski definition) is 4. The first kappa shape index (κ1) is 18.4. The van der Waals surface area contributed by atoms with E-state index in [1.54, 1.807) is 7.11 Å². The van der Waals surface area contributed by atoms with Crippen LogP contribution >= 0.6 is 31.9 Å². The number of nitrogens with one attached hydrogen (secondary N) is 1. The van der Waals surface area contributed by atoms with Crippen molar-refractivity contribution in [3.05, 3.63) is 26.6 Å². The van der Waals surface area contributed by atoms with Crippen molar-refractivity contribution in [3.63, 3.8) is 0 Å². The molecule has 0 aliphatic heterocycles. The Hall–Kier alpha value is -0.630. The van der Waals surface area contributed by atoms with Gasteiger partial charge >= 0.3 is 0 Å². The lowest BCUT2D eigenvalue weighted by atomic mass is 10.2. The molecule has 0 saturated heterocycles. The number of rotatable bonds is 9. The molecular weight excluding hydrogens is 404 g/mol. The molecule has 1 rings (SSSR count). The quantitative estimate of drug-likeness (QED) is 0.598. The van der Waals surface area contributed by atoms with Gasteiger partial charge in [0.15, 0.2) is 6.10 Å². The number of nitrogens with two attached hydrogens (primary N) is 1. The molecule has 1 aromatic rings. The molecule has 0 saturated carbocycles. The van der Waals surface area contributed by atoms with Gasteiger partial charge in [-0.15, -0.1) is 0 Å². The summed E-state index contributed by atoms with van der Waals surface area (Å²) in [4.78, 5) is 11.3. The average Bonchev–Trinajstić information content (AvgIpc) is 2.42. The van der Waals surface area contributed by atoms with E-state index < -0.39 is 12.0 Å². The smallest absolute Gasteiger partial charge is 0.258 e. The SMILES string of the molecule is CCC(Oc1c(Br)cc(CNCCOC)cc1Br)C(N)=O. The maximum Gasteiger partial charge on any atom is 0.258 e. The standard InChI is InChI=1S/C14H20Br2N2O3/c1-3-12(14(17)19)21-13-10(15)6-9(7-11(13)16)8-18-4-5-20-2/h6-7,12,18H,3-5,8H2,1-2H3,(H2,17,19).